The number of aromatic nitrogens is 3. The van der Waals surface area contributed by atoms with Crippen LogP contribution in [-0.2, 0) is 4.79 Å². The molecule has 2 N–H and O–H groups in total. The van der Waals surface area contributed by atoms with E-state index in [4.69, 9.17) is 9.90 Å². The first-order chi connectivity index (χ1) is 13.0. The average Bonchev–Trinajstić information content (AvgIpc) is 2.66. The van der Waals surface area contributed by atoms with Crippen LogP contribution < -0.4 is 10.9 Å². The normalized spacial score (nSPS) is 10.3. The Hall–Kier alpha value is -3.26. The lowest BCUT2D eigenvalue weighted by atomic mass is 10.2. The Bertz CT molecular complexity index is 1190. The standard InChI is InChI=1S/C18H13BrN4O.CH2O2/c1-11-6-2-4-8-14(11)20-16-13(19)10-23-17(24)12-7-3-5-9-15(12)21-18(23)22-16;2-1-3/h2-10H,1H3,(H,20,21,22);1H,(H,2,3). The molecule has 0 aliphatic heterocycles. The third-order valence-corrected chi connectivity index (χ3v) is 4.45. The molecule has 0 radical (unpaired) electrons. The van der Waals surface area contributed by atoms with Crippen LogP contribution in [0.5, 0.6) is 0 Å². The highest BCUT2D eigenvalue weighted by atomic mass is 79.9. The molecule has 0 bridgehead atoms. The van der Waals surface area contributed by atoms with Gasteiger partial charge in [-0.05, 0) is 46.6 Å². The summed E-state index contributed by atoms with van der Waals surface area (Å²) in [6, 6.07) is 15.2. The first-order valence-electron chi connectivity index (χ1n) is 7.93. The van der Waals surface area contributed by atoms with Crippen LogP contribution in [0.2, 0.25) is 0 Å². The van der Waals surface area contributed by atoms with Gasteiger partial charge < -0.3 is 10.4 Å². The molecular weight excluding hydrogens is 412 g/mol. The predicted molar refractivity (Wildman–Crippen MR) is 108 cm³/mol. The summed E-state index contributed by atoms with van der Waals surface area (Å²) in [6.07, 6.45) is 1.70. The fourth-order valence-electron chi connectivity index (χ4n) is 2.59. The van der Waals surface area contributed by atoms with E-state index in [1.54, 1.807) is 12.3 Å². The minimum Gasteiger partial charge on any atom is -0.483 e. The third kappa shape index (κ3) is 3.80. The van der Waals surface area contributed by atoms with Crippen LogP contribution in [0.25, 0.3) is 16.7 Å². The highest BCUT2D eigenvalue weighted by molar-refractivity contribution is 9.10. The van der Waals surface area contributed by atoms with Gasteiger partial charge in [0.15, 0.2) is 0 Å². The Balaban J connectivity index is 0.000000659. The monoisotopic (exact) mass is 426 g/mol. The van der Waals surface area contributed by atoms with Gasteiger partial charge in [-0.15, -0.1) is 0 Å². The SMILES string of the molecule is Cc1ccccc1Nc1nc2nc3ccccc3c(=O)n2cc1Br.O=CO. The van der Waals surface area contributed by atoms with Crippen molar-refractivity contribution in [3.05, 3.63) is 75.1 Å². The van der Waals surface area contributed by atoms with Crippen LogP contribution in [-0.4, -0.2) is 25.9 Å². The summed E-state index contributed by atoms with van der Waals surface area (Å²) >= 11 is 3.49. The second-order valence-corrected chi connectivity index (χ2v) is 6.44. The van der Waals surface area contributed by atoms with E-state index in [2.05, 4.69) is 31.2 Å². The minimum atomic E-state index is -0.250. The van der Waals surface area contributed by atoms with Crippen molar-refractivity contribution in [2.75, 3.05) is 5.32 Å². The number of carboxylic acid groups (broad SMARTS) is 1. The number of fused-ring (bicyclic) bond motifs is 2. The number of hydrogen-bond acceptors (Lipinski definition) is 5. The molecule has 2 aromatic carbocycles. The van der Waals surface area contributed by atoms with Gasteiger partial charge in [0.1, 0.15) is 5.82 Å². The molecule has 7 nitrogen and oxygen atoms in total. The molecule has 0 spiro atoms. The number of nitrogens with one attached hydrogen (secondary N) is 1. The van der Waals surface area contributed by atoms with Gasteiger partial charge in [-0.3, -0.25) is 14.0 Å². The summed E-state index contributed by atoms with van der Waals surface area (Å²) in [5, 5.41) is 10.7. The predicted octanol–water partition coefficient (Wildman–Crippen LogP) is 3.76. The first kappa shape index (κ1) is 18.5. The largest absolute Gasteiger partial charge is 0.483 e. The maximum absolute atomic E-state index is 12.6. The maximum Gasteiger partial charge on any atom is 0.290 e. The molecule has 8 heteroatoms. The number of hydrogen-bond donors (Lipinski definition) is 2. The Labute approximate surface area is 162 Å². The van der Waals surface area contributed by atoms with Crippen LogP contribution in [0.4, 0.5) is 11.5 Å². The van der Waals surface area contributed by atoms with Crippen LogP contribution >= 0.6 is 15.9 Å². The zero-order valence-electron chi connectivity index (χ0n) is 14.3. The van der Waals surface area contributed by atoms with Gasteiger partial charge in [0.2, 0.25) is 5.78 Å². The number of para-hydroxylation sites is 2. The number of carbonyl (C=O) groups is 1. The van der Waals surface area contributed by atoms with Gasteiger partial charge >= 0.3 is 0 Å². The number of rotatable bonds is 2. The molecule has 0 unspecified atom stereocenters. The van der Waals surface area contributed by atoms with Crippen molar-refractivity contribution in [1.29, 1.82) is 0 Å². The van der Waals surface area contributed by atoms with E-state index < -0.39 is 0 Å². The van der Waals surface area contributed by atoms with Crippen LogP contribution in [0.3, 0.4) is 0 Å². The van der Waals surface area contributed by atoms with Crippen molar-refractivity contribution >= 4 is 50.6 Å². The van der Waals surface area contributed by atoms with Crippen molar-refractivity contribution in [2.24, 2.45) is 0 Å². The summed E-state index contributed by atoms with van der Waals surface area (Å²) in [4.78, 5) is 30.0. The quantitative estimate of drug-likeness (QED) is 0.374. The van der Waals surface area contributed by atoms with Gasteiger partial charge in [-0.25, -0.2) is 4.98 Å². The zero-order valence-corrected chi connectivity index (χ0v) is 15.8. The molecule has 0 aliphatic rings. The molecule has 4 rings (SSSR count). The Morgan fingerprint density at radius 2 is 1.78 bits per heavy atom. The second kappa shape index (κ2) is 7.96. The zero-order chi connectivity index (χ0) is 19.4. The number of nitrogens with zero attached hydrogens (tertiary/aromatic N) is 3. The van der Waals surface area contributed by atoms with Crippen molar-refractivity contribution in [2.45, 2.75) is 6.92 Å². The average molecular weight is 427 g/mol. The molecule has 0 aliphatic carbocycles. The van der Waals surface area contributed by atoms with E-state index in [1.807, 2.05) is 49.4 Å². The fourth-order valence-corrected chi connectivity index (χ4v) is 2.98. The fraction of sp³-hybridized carbons (Fsp3) is 0.0526. The van der Waals surface area contributed by atoms with Gasteiger partial charge in [0, 0.05) is 11.9 Å². The second-order valence-electron chi connectivity index (χ2n) is 5.59. The van der Waals surface area contributed by atoms with Crippen LogP contribution in [0.1, 0.15) is 5.56 Å². The van der Waals surface area contributed by atoms with Gasteiger partial charge in [-0.1, -0.05) is 30.3 Å². The Kier molecular flexibility index (Phi) is 5.46. The lowest BCUT2D eigenvalue weighted by Gasteiger charge is -2.11. The molecule has 2 heterocycles. The van der Waals surface area contributed by atoms with E-state index in [9.17, 15) is 4.79 Å². The first-order valence-corrected chi connectivity index (χ1v) is 8.72. The molecule has 2 aromatic heterocycles. The number of anilines is 2. The number of halogens is 1. The molecule has 0 saturated heterocycles. The van der Waals surface area contributed by atoms with Crippen molar-refractivity contribution in [3.8, 4) is 0 Å². The van der Waals surface area contributed by atoms with Gasteiger partial charge in [0.05, 0.1) is 15.4 Å². The Morgan fingerprint density at radius 3 is 2.52 bits per heavy atom. The smallest absolute Gasteiger partial charge is 0.290 e. The summed E-state index contributed by atoms with van der Waals surface area (Å²) in [5.74, 6) is 0.976. The minimum absolute atomic E-state index is 0.133. The third-order valence-electron chi connectivity index (χ3n) is 3.87. The molecule has 0 amide bonds. The maximum atomic E-state index is 12.6. The molecule has 0 saturated carbocycles. The number of benzene rings is 2. The molecule has 136 valence electrons. The molecule has 0 atom stereocenters. The van der Waals surface area contributed by atoms with Crippen molar-refractivity contribution in [1.82, 2.24) is 14.4 Å². The summed E-state index contributed by atoms with van der Waals surface area (Å²) in [6.45, 7) is 1.77. The summed E-state index contributed by atoms with van der Waals surface area (Å²) in [5.41, 5.74) is 2.57. The summed E-state index contributed by atoms with van der Waals surface area (Å²) < 4.78 is 2.15. The van der Waals surface area contributed by atoms with Crippen LogP contribution in [0, 0.1) is 6.92 Å². The molecule has 0 fully saturated rings. The highest BCUT2D eigenvalue weighted by Gasteiger charge is 2.11. The van der Waals surface area contributed by atoms with E-state index in [0.29, 0.717) is 27.0 Å². The van der Waals surface area contributed by atoms with E-state index in [0.717, 1.165) is 11.3 Å². The van der Waals surface area contributed by atoms with E-state index >= 15 is 0 Å². The Morgan fingerprint density at radius 1 is 1.11 bits per heavy atom. The van der Waals surface area contributed by atoms with Gasteiger partial charge in [0.25, 0.3) is 12.0 Å². The van der Waals surface area contributed by atoms with Crippen LogP contribution in [0.15, 0.2) is 64.0 Å². The van der Waals surface area contributed by atoms with Crippen molar-refractivity contribution < 1.29 is 9.90 Å². The number of aryl methyl sites for hydroxylation is 1. The topological polar surface area (TPSA) is 96.6 Å². The van der Waals surface area contributed by atoms with Crippen molar-refractivity contribution in [3.63, 3.8) is 0 Å². The lowest BCUT2D eigenvalue weighted by Crippen LogP contribution is -2.17. The molecular formula is C19H15BrN4O3. The highest BCUT2D eigenvalue weighted by Crippen LogP contribution is 2.25. The van der Waals surface area contributed by atoms with E-state index in [-0.39, 0.29) is 12.0 Å². The van der Waals surface area contributed by atoms with E-state index in [1.165, 1.54) is 4.40 Å². The lowest BCUT2D eigenvalue weighted by molar-refractivity contribution is -0.122. The van der Waals surface area contributed by atoms with Gasteiger partial charge in [-0.2, -0.15) is 4.98 Å². The summed E-state index contributed by atoms with van der Waals surface area (Å²) in [7, 11) is 0. The molecule has 4 aromatic rings. The molecule has 27 heavy (non-hydrogen) atoms.